The van der Waals surface area contributed by atoms with Crippen LogP contribution in [0.4, 0.5) is 0 Å². The highest BCUT2D eigenvalue weighted by Crippen LogP contribution is 2.26. The van der Waals surface area contributed by atoms with Crippen LogP contribution in [0, 0.1) is 0 Å². The van der Waals surface area contributed by atoms with Crippen LogP contribution >= 0.6 is 0 Å². The van der Waals surface area contributed by atoms with Gasteiger partial charge >= 0.3 is 0 Å². The Morgan fingerprint density at radius 1 is 1.60 bits per heavy atom. The van der Waals surface area contributed by atoms with E-state index in [1.165, 1.54) is 0 Å². The molecule has 0 spiro atoms. The van der Waals surface area contributed by atoms with Crippen LogP contribution < -0.4 is 5.73 Å². The Hall–Kier alpha value is -2.16. The van der Waals surface area contributed by atoms with Gasteiger partial charge in [0.1, 0.15) is 18.1 Å². The first-order valence-electron chi connectivity index (χ1n) is 8.47. The number of carbonyl (C=O) groups is 1. The molecule has 8 nitrogen and oxygen atoms in total. The molecule has 0 bridgehead atoms. The summed E-state index contributed by atoms with van der Waals surface area (Å²) in [5.41, 5.74) is 6.43. The zero-order valence-electron chi connectivity index (χ0n) is 14.1. The van der Waals surface area contributed by atoms with E-state index in [0.29, 0.717) is 13.2 Å². The van der Waals surface area contributed by atoms with Gasteiger partial charge in [-0.15, -0.1) is 0 Å². The number of nitrogens with zero attached hydrogens (tertiary/aromatic N) is 2. The number of rotatable bonds is 8. The first-order chi connectivity index (χ1) is 12.1. The number of aliphatic hydroxyl groups is 1. The van der Waals surface area contributed by atoms with E-state index in [1.807, 2.05) is 12.1 Å². The largest absolute Gasteiger partial charge is 0.467 e. The predicted molar refractivity (Wildman–Crippen MR) is 89.9 cm³/mol. The Labute approximate surface area is 145 Å². The van der Waals surface area contributed by atoms with E-state index in [9.17, 15) is 9.90 Å². The summed E-state index contributed by atoms with van der Waals surface area (Å²) in [5, 5.41) is 17.0. The zero-order chi connectivity index (χ0) is 17.6. The molecule has 2 atom stereocenters. The molecule has 0 aliphatic carbocycles. The molecule has 3 heterocycles. The number of hydrogen-bond donors (Lipinski definition) is 3. The van der Waals surface area contributed by atoms with Crippen LogP contribution in [0.5, 0.6) is 0 Å². The highest BCUT2D eigenvalue weighted by Gasteiger charge is 2.25. The Bertz CT molecular complexity index is 670. The average molecular weight is 348 g/mol. The molecule has 0 saturated carbocycles. The third-order valence-corrected chi connectivity index (χ3v) is 4.40. The number of β-amino-alcohol motifs (C(OH)–C–C–N with tert-alkyl or cyclic N) is 1. The molecule has 0 radical (unpaired) electrons. The SMILES string of the molecule is NC(=O)c1cc(C2CCCN(CC(O)COCc3ccco3)C2)[nH]n1. The number of ether oxygens (including phenoxy) is 1. The Morgan fingerprint density at radius 3 is 3.20 bits per heavy atom. The Balaban J connectivity index is 1.44. The normalized spacial score (nSPS) is 19.8. The van der Waals surface area contributed by atoms with Crippen molar-refractivity contribution in [3.63, 3.8) is 0 Å². The van der Waals surface area contributed by atoms with Gasteiger partial charge in [0, 0.05) is 24.7 Å². The third kappa shape index (κ3) is 4.91. The van der Waals surface area contributed by atoms with Crippen molar-refractivity contribution in [3.8, 4) is 0 Å². The lowest BCUT2D eigenvalue weighted by Gasteiger charge is -2.33. The zero-order valence-corrected chi connectivity index (χ0v) is 14.1. The van der Waals surface area contributed by atoms with Crippen LogP contribution in [0.1, 0.15) is 40.7 Å². The van der Waals surface area contributed by atoms with Crippen LogP contribution in [-0.2, 0) is 11.3 Å². The quantitative estimate of drug-likeness (QED) is 0.651. The third-order valence-electron chi connectivity index (χ3n) is 4.40. The summed E-state index contributed by atoms with van der Waals surface area (Å²) in [7, 11) is 0. The van der Waals surface area contributed by atoms with Gasteiger partial charge in [-0.1, -0.05) is 0 Å². The number of aromatic nitrogens is 2. The summed E-state index contributed by atoms with van der Waals surface area (Å²) in [6.07, 6.45) is 3.08. The van der Waals surface area contributed by atoms with E-state index < -0.39 is 12.0 Å². The van der Waals surface area contributed by atoms with Crippen LogP contribution in [0.15, 0.2) is 28.9 Å². The fourth-order valence-electron chi connectivity index (χ4n) is 3.19. The van der Waals surface area contributed by atoms with E-state index in [1.54, 1.807) is 12.3 Å². The van der Waals surface area contributed by atoms with Gasteiger partial charge in [0.2, 0.25) is 0 Å². The molecule has 4 N–H and O–H groups in total. The van der Waals surface area contributed by atoms with E-state index >= 15 is 0 Å². The monoisotopic (exact) mass is 348 g/mol. The maximum atomic E-state index is 11.2. The molecule has 136 valence electrons. The lowest BCUT2D eigenvalue weighted by Crippen LogP contribution is -2.40. The van der Waals surface area contributed by atoms with Crippen LogP contribution in [0.3, 0.4) is 0 Å². The van der Waals surface area contributed by atoms with Crippen molar-refractivity contribution in [1.82, 2.24) is 15.1 Å². The maximum Gasteiger partial charge on any atom is 0.269 e. The van der Waals surface area contributed by atoms with Crippen molar-refractivity contribution in [1.29, 1.82) is 0 Å². The molecular formula is C17H24N4O4. The highest BCUT2D eigenvalue weighted by atomic mass is 16.5. The lowest BCUT2D eigenvalue weighted by molar-refractivity contribution is 0.00118. The number of nitrogens with one attached hydrogen (secondary N) is 1. The van der Waals surface area contributed by atoms with Crippen molar-refractivity contribution >= 4 is 5.91 Å². The van der Waals surface area contributed by atoms with Crippen molar-refractivity contribution in [2.24, 2.45) is 5.73 Å². The molecule has 1 fully saturated rings. The van der Waals surface area contributed by atoms with Gasteiger partial charge in [0.05, 0.1) is 19.0 Å². The minimum atomic E-state index is -0.559. The number of piperidine rings is 1. The van der Waals surface area contributed by atoms with Crippen LogP contribution in [0.2, 0.25) is 0 Å². The molecule has 2 aromatic rings. The molecular weight excluding hydrogens is 324 g/mol. The van der Waals surface area contributed by atoms with Gasteiger partial charge in [-0.2, -0.15) is 5.10 Å². The van der Waals surface area contributed by atoms with E-state index in [0.717, 1.165) is 37.4 Å². The predicted octanol–water partition coefficient (Wildman–Crippen LogP) is 0.859. The molecule has 1 amide bonds. The smallest absolute Gasteiger partial charge is 0.269 e. The van der Waals surface area contributed by atoms with Gasteiger partial charge in [0.25, 0.3) is 5.91 Å². The minimum absolute atomic E-state index is 0.255. The summed E-state index contributed by atoms with van der Waals surface area (Å²) < 4.78 is 10.7. The average Bonchev–Trinajstić information content (AvgIpc) is 3.27. The van der Waals surface area contributed by atoms with Crippen molar-refractivity contribution < 1.29 is 19.1 Å². The van der Waals surface area contributed by atoms with Crippen molar-refractivity contribution in [2.75, 3.05) is 26.2 Å². The van der Waals surface area contributed by atoms with Gasteiger partial charge < -0.3 is 24.9 Å². The van der Waals surface area contributed by atoms with Crippen LogP contribution in [0.25, 0.3) is 0 Å². The lowest BCUT2D eigenvalue weighted by atomic mass is 9.94. The van der Waals surface area contributed by atoms with Crippen molar-refractivity contribution in [2.45, 2.75) is 31.5 Å². The molecule has 2 aromatic heterocycles. The Kier molecular flexibility index (Phi) is 5.85. The van der Waals surface area contributed by atoms with E-state index in [-0.39, 0.29) is 18.2 Å². The first-order valence-corrected chi connectivity index (χ1v) is 8.47. The number of nitrogens with two attached hydrogens (primary N) is 1. The van der Waals surface area contributed by atoms with E-state index in [4.69, 9.17) is 14.9 Å². The summed E-state index contributed by atoms with van der Waals surface area (Å²) >= 11 is 0. The van der Waals surface area contributed by atoms with Crippen molar-refractivity contribution in [3.05, 3.63) is 41.6 Å². The number of aromatic amines is 1. The number of hydrogen-bond acceptors (Lipinski definition) is 6. The number of H-pyrrole nitrogens is 1. The molecule has 0 aromatic carbocycles. The summed E-state index contributed by atoms with van der Waals surface area (Å²) in [5.74, 6) is 0.472. The second kappa shape index (κ2) is 8.28. The fourth-order valence-corrected chi connectivity index (χ4v) is 3.19. The highest BCUT2D eigenvalue weighted by molar-refractivity contribution is 5.90. The summed E-state index contributed by atoms with van der Waals surface area (Å²) in [6.45, 7) is 2.90. The topological polar surface area (TPSA) is 118 Å². The van der Waals surface area contributed by atoms with Gasteiger partial charge in [-0.25, -0.2) is 0 Å². The number of furan rings is 1. The minimum Gasteiger partial charge on any atom is -0.467 e. The fraction of sp³-hybridized carbons (Fsp3) is 0.529. The van der Waals surface area contributed by atoms with Crippen LogP contribution in [-0.4, -0.2) is 58.5 Å². The molecule has 1 saturated heterocycles. The second-order valence-electron chi connectivity index (χ2n) is 6.42. The molecule has 8 heteroatoms. The van der Waals surface area contributed by atoms with Gasteiger partial charge in [-0.3, -0.25) is 9.89 Å². The second-order valence-corrected chi connectivity index (χ2v) is 6.42. The number of amides is 1. The van der Waals surface area contributed by atoms with Gasteiger partial charge in [-0.05, 0) is 37.6 Å². The summed E-state index contributed by atoms with van der Waals surface area (Å²) in [6, 6.07) is 5.37. The van der Waals surface area contributed by atoms with Gasteiger partial charge in [0.15, 0.2) is 0 Å². The molecule has 25 heavy (non-hydrogen) atoms. The van der Waals surface area contributed by atoms with E-state index in [2.05, 4.69) is 15.1 Å². The Morgan fingerprint density at radius 2 is 2.48 bits per heavy atom. The standard InChI is InChI=1S/C17H24N4O4/c18-17(23)16-7-15(19-20-16)12-3-1-5-21(8-12)9-13(22)10-24-11-14-4-2-6-25-14/h2,4,6-7,12-13,22H,1,3,5,8-11H2,(H2,18,23)(H,19,20). The maximum absolute atomic E-state index is 11.2. The molecule has 3 rings (SSSR count). The molecule has 2 unspecified atom stereocenters. The number of aliphatic hydroxyl groups excluding tert-OH is 1. The molecule has 1 aliphatic rings. The number of likely N-dealkylation sites (tertiary alicyclic amines) is 1. The first kappa shape index (κ1) is 17.7. The number of carbonyl (C=O) groups excluding carboxylic acids is 1. The number of primary amides is 1. The molecule has 1 aliphatic heterocycles. The summed E-state index contributed by atoms with van der Waals surface area (Å²) in [4.78, 5) is 13.4.